The van der Waals surface area contributed by atoms with E-state index in [1.54, 1.807) is 0 Å². The number of rotatable bonds is 8. The lowest BCUT2D eigenvalue weighted by Gasteiger charge is -2.34. The SMILES string of the molecule is CCCOC(CC)(CCC)OC(C)C. The number of ether oxygens (including phenoxy) is 2. The first kappa shape index (κ1) is 13.9. The third-order valence-electron chi connectivity index (χ3n) is 2.19. The molecule has 1 unspecified atom stereocenters. The first-order valence-electron chi connectivity index (χ1n) is 5.92. The van der Waals surface area contributed by atoms with E-state index in [-0.39, 0.29) is 11.9 Å². The molecule has 1 atom stereocenters. The summed E-state index contributed by atoms with van der Waals surface area (Å²) >= 11 is 0. The Morgan fingerprint density at radius 2 is 1.71 bits per heavy atom. The third kappa shape index (κ3) is 4.97. The van der Waals surface area contributed by atoms with Crippen LogP contribution in [0.25, 0.3) is 0 Å². The van der Waals surface area contributed by atoms with Crippen LogP contribution in [0.5, 0.6) is 0 Å². The summed E-state index contributed by atoms with van der Waals surface area (Å²) < 4.78 is 11.8. The molecule has 0 aromatic heterocycles. The van der Waals surface area contributed by atoms with Gasteiger partial charge in [-0.3, -0.25) is 0 Å². The van der Waals surface area contributed by atoms with Crippen molar-refractivity contribution in [3.63, 3.8) is 0 Å². The minimum atomic E-state index is -0.334. The monoisotopic (exact) mass is 202 g/mol. The first-order valence-corrected chi connectivity index (χ1v) is 5.92. The van der Waals surface area contributed by atoms with E-state index < -0.39 is 0 Å². The highest BCUT2D eigenvalue weighted by Crippen LogP contribution is 2.26. The van der Waals surface area contributed by atoms with Crippen molar-refractivity contribution in [2.45, 2.75) is 72.2 Å². The maximum Gasteiger partial charge on any atom is 0.168 e. The molecule has 0 N–H and O–H groups in total. The molecule has 0 aliphatic carbocycles. The van der Waals surface area contributed by atoms with E-state index in [1.165, 1.54) is 0 Å². The van der Waals surface area contributed by atoms with Crippen molar-refractivity contribution in [1.29, 1.82) is 0 Å². The molecule has 0 aromatic carbocycles. The van der Waals surface area contributed by atoms with Gasteiger partial charge in [0.25, 0.3) is 0 Å². The second-order valence-electron chi connectivity index (χ2n) is 4.03. The van der Waals surface area contributed by atoms with Crippen molar-refractivity contribution in [1.82, 2.24) is 0 Å². The standard InChI is InChI=1S/C12H26O2/c1-6-9-12(8-3,13-10-7-2)14-11(4)5/h11H,6-10H2,1-5H3. The fraction of sp³-hybridized carbons (Fsp3) is 1.00. The van der Waals surface area contributed by atoms with E-state index in [2.05, 4.69) is 34.6 Å². The molecular formula is C12H26O2. The van der Waals surface area contributed by atoms with Crippen LogP contribution in [0.4, 0.5) is 0 Å². The Hall–Kier alpha value is -0.0800. The Morgan fingerprint density at radius 3 is 2.07 bits per heavy atom. The van der Waals surface area contributed by atoms with Gasteiger partial charge in [0.1, 0.15) is 0 Å². The Labute approximate surface area is 89.0 Å². The zero-order valence-corrected chi connectivity index (χ0v) is 10.4. The highest BCUT2D eigenvalue weighted by molar-refractivity contribution is 4.68. The lowest BCUT2D eigenvalue weighted by Crippen LogP contribution is -2.38. The van der Waals surface area contributed by atoms with Crippen molar-refractivity contribution >= 4 is 0 Å². The lowest BCUT2D eigenvalue weighted by atomic mass is 10.1. The molecule has 0 aliphatic heterocycles. The third-order valence-corrected chi connectivity index (χ3v) is 2.19. The topological polar surface area (TPSA) is 18.5 Å². The molecule has 0 saturated heterocycles. The van der Waals surface area contributed by atoms with Gasteiger partial charge in [-0.15, -0.1) is 0 Å². The summed E-state index contributed by atoms with van der Waals surface area (Å²) in [6.07, 6.45) is 4.30. The quantitative estimate of drug-likeness (QED) is 0.558. The average molecular weight is 202 g/mol. The Balaban J connectivity index is 4.26. The zero-order chi connectivity index (χ0) is 11.0. The smallest absolute Gasteiger partial charge is 0.168 e. The van der Waals surface area contributed by atoms with Crippen LogP contribution in [0, 0.1) is 0 Å². The molecular weight excluding hydrogens is 176 g/mol. The molecule has 0 amide bonds. The van der Waals surface area contributed by atoms with Gasteiger partial charge in [-0.25, -0.2) is 0 Å². The molecule has 0 spiro atoms. The number of hydrogen-bond acceptors (Lipinski definition) is 2. The van der Waals surface area contributed by atoms with Gasteiger partial charge in [-0.1, -0.05) is 27.2 Å². The summed E-state index contributed by atoms with van der Waals surface area (Å²) in [5, 5.41) is 0. The molecule has 2 nitrogen and oxygen atoms in total. The van der Waals surface area contributed by atoms with E-state index in [4.69, 9.17) is 9.47 Å². The van der Waals surface area contributed by atoms with Crippen LogP contribution in [0.3, 0.4) is 0 Å². The van der Waals surface area contributed by atoms with Crippen molar-refractivity contribution in [3.8, 4) is 0 Å². The molecule has 0 fully saturated rings. The fourth-order valence-electron chi connectivity index (χ4n) is 1.63. The van der Waals surface area contributed by atoms with Gasteiger partial charge >= 0.3 is 0 Å². The van der Waals surface area contributed by atoms with Crippen LogP contribution < -0.4 is 0 Å². The molecule has 86 valence electrons. The van der Waals surface area contributed by atoms with Crippen LogP contribution in [0.1, 0.15) is 60.3 Å². The van der Waals surface area contributed by atoms with Gasteiger partial charge in [0, 0.05) is 13.0 Å². The second kappa shape index (κ2) is 7.24. The lowest BCUT2D eigenvalue weighted by molar-refractivity contribution is -0.258. The first-order chi connectivity index (χ1) is 6.60. The summed E-state index contributed by atoms with van der Waals surface area (Å²) in [6, 6.07) is 0. The minimum Gasteiger partial charge on any atom is -0.350 e. The van der Waals surface area contributed by atoms with Crippen molar-refractivity contribution in [2.24, 2.45) is 0 Å². The van der Waals surface area contributed by atoms with Gasteiger partial charge < -0.3 is 9.47 Å². The van der Waals surface area contributed by atoms with Gasteiger partial charge in [0.15, 0.2) is 5.79 Å². The van der Waals surface area contributed by atoms with E-state index in [0.29, 0.717) is 0 Å². The predicted octanol–water partition coefficient (Wildman–Crippen LogP) is 3.74. The molecule has 0 aliphatic rings. The molecule has 0 aromatic rings. The molecule has 0 bridgehead atoms. The fourth-order valence-corrected chi connectivity index (χ4v) is 1.63. The van der Waals surface area contributed by atoms with Crippen LogP contribution >= 0.6 is 0 Å². The normalized spacial score (nSPS) is 15.9. The van der Waals surface area contributed by atoms with Crippen molar-refractivity contribution < 1.29 is 9.47 Å². The van der Waals surface area contributed by atoms with E-state index in [1.807, 2.05) is 0 Å². The van der Waals surface area contributed by atoms with Gasteiger partial charge in [0.2, 0.25) is 0 Å². The van der Waals surface area contributed by atoms with Crippen LogP contribution in [-0.2, 0) is 9.47 Å². The highest BCUT2D eigenvalue weighted by Gasteiger charge is 2.29. The average Bonchev–Trinajstić information content (AvgIpc) is 2.14. The molecule has 0 saturated carbocycles. The molecule has 0 rings (SSSR count). The summed E-state index contributed by atoms with van der Waals surface area (Å²) in [5.41, 5.74) is 0. The maximum atomic E-state index is 5.91. The van der Waals surface area contributed by atoms with Crippen molar-refractivity contribution in [3.05, 3.63) is 0 Å². The molecule has 14 heavy (non-hydrogen) atoms. The van der Waals surface area contributed by atoms with Gasteiger partial charge in [-0.2, -0.15) is 0 Å². The van der Waals surface area contributed by atoms with Crippen LogP contribution in [0.15, 0.2) is 0 Å². The van der Waals surface area contributed by atoms with Gasteiger partial charge in [0.05, 0.1) is 6.10 Å². The molecule has 2 heteroatoms. The molecule has 0 radical (unpaired) electrons. The molecule has 0 heterocycles. The van der Waals surface area contributed by atoms with Crippen LogP contribution in [-0.4, -0.2) is 18.5 Å². The van der Waals surface area contributed by atoms with Gasteiger partial charge in [-0.05, 0) is 26.7 Å². The Morgan fingerprint density at radius 1 is 1.07 bits per heavy atom. The van der Waals surface area contributed by atoms with Crippen LogP contribution in [0.2, 0.25) is 0 Å². The summed E-state index contributed by atoms with van der Waals surface area (Å²) in [5.74, 6) is -0.334. The van der Waals surface area contributed by atoms with Crippen molar-refractivity contribution in [2.75, 3.05) is 6.61 Å². The minimum absolute atomic E-state index is 0.235. The summed E-state index contributed by atoms with van der Waals surface area (Å²) in [7, 11) is 0. The van der Waals surface area contributed by atoms with E-state index in [9.17, 15) is 0 Å². The predicted molar refractivity (Wildman–Crippen MR) is 60.4 cm³/mol. The summed E-state index contributed by atoms with van der Waals surface area (Å²) in [6.45, 7) is 11.4. The summed E-state index contributed by atoms with van der Waals surface area (Å²) in [4.78, 5) is 0. The largest absolute Gasteiger partial charge is 0.350 e. The number of hydrogen-bond donors (Lipinski definition) is 0. The van der Waals surface area contributed by atoms with E-state index >= 15 is 0 Å². The Kier molecular flexibility index (Phi) is 7.20. The van der Waals surface area contributed by atoms with E-state index in [0.717, 1.165) is 32.3 Å². The second-order valence-corrected chi connectivity index (χ2v) is 4.03. The zero-order valence-electron chi connectivity index (χ0n) is 10.4. The Bertz CT molecular complexity index is 134. The highest BCUT2D eigenvalue weighted by atomic mass is 16.7. The maximum absolute atomic E-state index is 5.91.